The molecule has 0 aliphatic carbocycles. The summed E-state index contributed by atoms with van der Waals surface area (Å²) >= 11 is 0. The molecule has 0 aliphatic heterocycles. The minimum atomic E-state index is -2.29. The largest absolute Gasteiger partial charge is 0.504 e. The zero-order chi connectivity index (χ0) is 17.2. The molecule has 0 fully saturated rings. The number of Topliss-reactive ketones (excluding diaryl/α,β-unsaturated/α-hetero) is 1. The van der Waals surface area contributed by atoms with Gasteiger partial charge in [0.15, 0.2) is 17.4 Å². The fourth-order valence-electron chi connectivity index (χ4n) is 1.48. The standard InChI is InChI=1S/C13H11F4NO4/c1-3-22-13(21)4(2)10(18)12(20)5-6(14)7(15)8(16)9(17)11(5)19/h19H,3,18H2,1-2H3. The fourth-order valence-corrected chi connectivity index (χ4v) is 1.48. The molecule has 0 saturated heterocycles. The van der Waals surface area contributed by atoms with E-state index in [4.69, 9.17) is 5.73 Å². The van der Waals surface area contributed by atoms with Crippen LogP contribution in [-0.2, 0) is 9.53 Å². The number of allylic oxidation sites excluding steroid dienone is 1. The number of carbonyl (C=O) groups excluding carboxylic acids is 2. The minimum absolute atomic E-state index is 0.0446. The lowest BCUT2D eigenvalue weighted by atomic mass is 10.0. The minimum Gasteiger partial charge on any atom is -0.504 e. The molecule has 0 heterocycles. The third-order valence-corrected chi connectivity index (χ3v) is 2.70. The van der Waals surface area contributed by atoms with Crippen LogP contribution in [0.2, 0.25) is 0 Å². The Balaban J connectivity index is 3.48. The van der Waals surface area contributed by atoms with Gasteiger partial charge in [-0.05, 0) is 13.8 Å². The summed E-state index contributed by atoms with van der Waals surface area (Å²) in [4.78, 5) is 23.3. The summed E-state index contributed by atoms with van der Waals surface area (Å²) < 4.78 is 57.4. The van der Waals surface area contributed by atoms with Crippen molar-refractivity contribution < 1.29 is 37.0 Å². The number of phenolic OH excluding ortho intramolecular Hbond substituents is 1. The van der Waals surface area contributed by atoms with Gasteiger partial charge in [-0.25, -0.2) is 18.0 Å². The maximum atomic E-state index is 13.6. The Labute approximate surface area is 122 Å². The average Bonchev–Trinajstić information content (AvgIpc) is 2.49. The van der Waals surface area contributed by atoms with Gasteiger partial charge in [-0.1, -0.05) is 0 Å². The van der Waals surface area contributed by atoms with Crippen molar-refractivity contribution in [2.24, 2.45) is 5.73 Å². The normalized spacial score (nSPS) is 11.9. The third-order valence-electron chi connectivity index (χ3n) is 2.70. The second kappa shape index (κ2) is 6.46. The van der Waals surface area contributed by atoms with Gasteiger partial charge >= 0.3 is 5.97 Å². The van der Waals surface area contributed by atoms with Crippen LogP contribution in [0.1, 0.15) is 24.2 Å². The molecule has 0 unspecified atom stereocenters. The Morgan fingerprint density at radius 1 is 1.09 bits per heavy atom. The van der Waals surface area contributed by atoms with Gasteiger partial charge in [0, 0.05) is 0 Å². The van der Waals surface area contributed by atoms with Crippen LogP contribution >= 0.6 is 0 Å². The van der Waals surface area contributed by atoms with Gasteiger partial charge in [-0.15, -0.1) is 0 Å². The molecule has 22 heavy (non-hydrogen) atoms. The highest BCUT2D eigenvalue weighted by atomic mass is 19.2. The second-order valence-electron chi connectivity index (χ2n) is 4.07. The molecule has 0 spiro atoms. The van der Waals surface area contributed by atoms with E-state index < -0.39 is 57.6 Å². The van der Waals surface area contributed by atoms with Crippen molar-refractivity contribution >= 4 is 11.8 Å². The summed E-state index contributed by atoms with van der Waals surface area (Å²) in [5.41, 5.74) is 2.43. The van der Waals surface area contributed by atoms with Crippen molar-refractivity contribution in [2.75, 3.05) is 6.61 Å². The van der Waals surface area contributed by atoms with Gasteiger partial charge in [0.2, 0.25) is 17.4 Å². The van der Waals surface area contributed by atoms with Crippen LogP contribution in [0.15, 0.2) is 11.3 Å². The number of hydrogen-bond donors (Lipinski definition) is 2. The molecule has 0 saturated carbocycles. The van der Waals surface area contributed by atoms with E-state index in [1.165, 1.54) is 6.92 Å². The predicted octanol–water partition coefficient (Wildman–Crippen LogP) is 1.93. The number of aromatic hydroxyl groups is 1. The number of halogens is 4. The number of nitrogens with two attached hydrogens (primary N) is 1. The first-order chi connectivity index (χ1) is 10.1. The Hall–Kier alpha value is -2.58. The highest BCUT2D eigenvalue weighted by Crippen LogP contribution is 2.31. The van der Waals surface area contributed by atoms with Crippen molar-refractivity contribution in [3.63, 3.8) is 0 Å². The van der Waals surface area contributed by atoms with E-state index in [0.717, 1.165) is 6.92 Å². The van der Waals surface area contributed by atoms with Crippen molar-refractivity contribution in [1.82, 2.24) is 0 Å². The number of ketones is 1. The predicted molar refractivity (Wildman–Crippen MR) is 65.8 cm³/mol. The number of esters is 1. The molecule has 1 aromatic rings. The summed E-state index contributed by atoms with van der Waals surface area (Å²) in [6.07, 6.45) is 0. The van der Waals surface area contributed by atoms with E-state index in [1.807, 2.05) is 0 Å². The van der Waals surface area contributed by atoms with Gasteiger partial charge in [-0.2, -0.15) is 4.39 Å². The maximum Gasteiger partial charge on any atom is 0.335 e. The Morgan fingerprint density at radius 3 is 2.09 bits per heavy atom. The zero-order valence-electron chi connectivity index (χ0n) is 11.5. The maximum absolute atomic E-state index is 13.6. The first kappa shape index (κ1) is 17.5. The molecule has 0 radical (unpaired) electrons. The van der Waals surface area contributed by atoms with E-state index in [1.54, 1.807) is 0 Å². The number of ether oxygens (including phenoxy) is 1. The molecule has 0 atom stereocenters. The molecule has 0 aromatic heterocycles. The Kier molecular flexibility index (Phi) is 5.13. The fraction of sp³-hybridized carbons (Fsp3) is 0.231. The lowest BCUT2D eigenvalue weighted by Gasteiger charge is -2.10. The molecule has 1 aromatic carbocycles. The van der Waals surface area contributed by atoms with Gasteiger partial charge < -0.3 is 15.6 Å². The number of rotatable bonds is 4. The topological polar surface area (TPSA) is 89.6 Å². The quantitative estimate of drug-likeness (QED) is 0.221. The average molecular weight is 321 g/mol. The van der Waals surface area contributed by atoms with Crippen molar-refractivity contribution in [3.8, 4) is 5.75 Å². The lowest BCUT2D eigenvalue weighted by Crippen LogP contribution is -2.21. The summed E-state index contributed by atoms with van der Waals surface area (Å²) in [7, 11) is 0. The molecule has 9 heteroatoms. The van der Waals surface area contributed by atoms with E-state index in [9.17, 15) is 32.3 Å². The smallest absolute Gasteiger partial charge is 0.335 e. The van der Waals surface area contributed by atoms with Gasteiger partial charge in [0.05, 0.1) is 17.9 Å². The van der Waals surface area contributed by atoms with Crippen molar-refractivity contribution in [2.45, 2.75) is 13.8 Å². The number of phenols is 1. The van der Waals surface area contributed by atoms with Gasteiger partial charge in [-0.3, -0.25) is 4.79 Å². The first-order valence-electron chi connectivity index (χ1n) is 5.88. The molecule has 5 nitrogen and oxygen atoms in total. The zero-order valence-corrected chi connectivity index (χ0v) is 11.5. The SMILES string of the molecule is CCOC(=O)C(C)=C(N)C(=O)c1c(O)c(F)c(F)c(F)c1F. The van der Waals surface area contributed by atoms with E-state index >= 15 is 0 Å². The van der Waals surface area contributed by atoms with Gasteiger partial charge in [0.25, 0.3) is 0 Å². The summed E-state index contributed by atoms with van der Waals surface area (Å²) in [5, 5.41) is 9.29. The molecule has 0 aliphatic rings. The van der Waals surface area contributed by atoms with Crippen LogP contribution in [-0.4, -0.2) is 23.5 Å². The molecule has 0 bridgehead atoms. The van der Waals surface area contributed by atoms with Gasteiger partial charge in [0.1, 0.15) is 5.56 Å². The van der Waals surface area contributed by atoms with Crippen LogP contribution in [0.4, 0.5) is 17.6 Å². The van der Waals surface area contributed by atoms with Crippen molar-refractivity contribution in [3.05, 3.63) is 40.1 Å². The van der Waals surface area contributed by atoms with Crippen LogP contribution in [0.25, 0.3) is 0 Å². The monoisotopic (exact) mass is 321 g/mol. The lowest BCUT2D eigenvalue weighted by molar-refractivity contribution is -0.138. The Morgan fingerprint density at radius 2 is 1.59 bits per heavy atom. The molecule has 120 valence electrons. The third kappa shape index (κ3) is 2.87. The Bertz CT molecular complexity index is 656. The van der Waals surface area contributed by atoms with E-state index in [-0.39, 0.29) is 6.61 Å². The second-order valence-corrected chi connectivity index (χ2v) is 4.07. The molecular weight excluding hydrogens is 310 g/mol. The molecule has 0 amide bonds. The highest BCUT2D eigenvalue weighted by molar-refractivity contribution is 6.13. The van der Waals surface area contributed by atoms with E-state index in [2.05, 4.69) is 4.74 Å². The molecular formula is C13H11F4NO4. The first-order valence-corrected chi connectivity index (χ1v) is 5.88. The molecule has 1 rings (SSSR count). The van der Waals surface area contributed by atoms with Crippen LogP contribution in [0.3, 0.4) is 0 Å². The summed E-state index contributed by atoms with van der Waals surface area (Å²) in [5.74, 6) is -13.2. The highest BCUT2D eigenvalue weighted by Gasteiger charge is 2.31. The number of hydrogen-bond acceptors (Lipinski definition) is 5. The number of carbonyl (C=O) groups is 2. The summed E-state index contributed by atoms with van der Waals surface area (Å²) in [6, 6.07) is 0. The van der Waals surface area contributed by atoms with Crippen molar-refractivity contribution in [1.29, 1.82) is 0 Å². The number of benzene rings is 1. The molecule has 3 N–H and O–H groups in total. The summed E-state index contributed by atoms with van der Waals surface area (Å²) in [6.45, 7) is 2.48. The van der Waals surface area contributed by atoms with Crippen LogP contribution in [0, 0.1) is 23.3 Å². The van der Waals surface area contributed by atoms with Crippen LogP contribution < -0.4 is 5.73 Å². The van der Waals surface area contributed by atoms with Crippen LogP contribution in [0.5, 0.6) is 5.75 Å². The van der Waals surface area contributed by atoms with E-state index in [0.29, 0.717) is 0 Å².